The number of phosphoric acid groups is 1. The molecule has 0 radical (unpaired) electrons. The van der Waals surface area contributed by atoms with Crippen molar-refractivity contribution in [2.75, 3.05) is 13.2 Å². The average Bonchev–Trinajstić information content (AvgIpc) is 2.12. The fourth-order valence-corrected chi connectivity index (χ4v) is 1.41. The van der Waals surface area contributed by atoms with Gasteiger partial charge in [0.2, 0.25) is 0 Å². The Morgan fingerprint density at radius 3 is 2.67 bits per heavy atom. The van der Waals surface area contributed by atoms with Crippen LogP contribution in [0.25, 0.3) is 0 Å². The topological polar surface area (TPSA) is 139 Å². The molecule has 3 atom stereocenters. The summed E-state index contributed by atoms with van der Waals surface area (Å²) < 4.78 is 18.7. The van der Waals surface area contributed by atoms with Crippen LogP contribution in [0.4, 0.5) is 0 Å². The molecule has 0 spiro atoms. The third-order valence-electron chi connectivity index (χ3n) is 1.87. The van der Waals surface area contributed by atoms with Crippen LogP contribution in [-0.4, -0.2) is 47.5 Å². The van der Waals surface area contributed by atoms with Gasteiger partial charge in [0.15, 0.2) is 5.78 Å². The zero-order valence-electron chi connectivity index (χ0n) is 7.44. The van der Waals surface area contributed by atoms with Crippen LogP contribution in [0.3, 0.4) is 0 Å². The highest BCUT2D eigenvalue weighted by Crippen LogP contribution is 2.26. The Kier molecular flexibility index (Phi) is 3.96. The minimum Gasteiger partial charge on any atom is -0.790 e. The van der Waals surface area contributed by atoms with Crippen LogP contribution in [0.5, 0.6) is 0 Å². The number of carbonyl (C=O) groups excluding carboxylic acids is 1. The molecule has 0 bridgehead atoms. The van der Waals surface area contributed by atoms with E-state index in [2.05, 4.69) is 9.26 Å². The van der Waals surface area contributed by atoms with Gasteiger partial charge in [-0.05, 0) is 0 Å². The number of hydrogen-bond acceptors (Lipinski definition) is 8. The molecule has 1 aliphatic heterocycles. The first kappa shape index (κ1) is 12.7. The van der Waals surface area contributed by atoms with E-state index < -0.39 is 45.1 Å². The second kappa shape index (κ2) is 4.67. The number of aliphatic hydroxyl groups excluding tert-OH is 2. The first-order valence-electron chi connectivity index (χ1n) is 3.98. The van der Waals surface area contributed by atoms with Crippen LogP contribution in [-0.2, 0) is 18.6 Å². The van der Waals surface area contributed by atoms with E-state index in [0.29, 0.717) is 0 Å². The maximum atomic E-state index is 10.8. The highest BCUT2D eigenvalue weighted by Gasteiger charge is 2.37. The van der Waals surface area contributed by atoms with Crippen LogP contribution in [0, 0.1) is 0 Å². The second-order valence-corrected chi connectivity index (χ2v) is 4.15. The van der Waals surface area contributed by atoms with E-state index in [0.717, 1.165) is 0 Å². The van der Waals surface area contributed by atoms with Gasteiger partial charge in [-0.1, -0.05) is 0 Å². The normalized spacial score (nSPS) is 33.1. The summed E-state index contributed by atoms with van der Waals surface area (Å²) in [6, 6.07) is 0. The van der Waals surface area contributed by atoms with Gasteiger partial charge in [-0.15, -0.1) is 0 Å². The van der Waals surface area contributed by atoms with Crippen LogP contribution in [0.2, 0.25) is 0 Å². The van der Waals surface area contributed by atoms with Crippen molar-refractivity contribution < 1.29 is 38.6 Å². The number of ketones is 1. The molecule has 0 saturated carbocycles. The van der Waals surface area contributed by atoms with Crippen molar-refractivity contribution in [3.8, 4) is 0 Å². The average molecular weight is 240 g/mol. The zero-order valence-corrected chi connectivity index (χ0v) is 8.33. The highest BCUT2D eigenvalue weighted by atomic mass is 31.2. The van der Waals surface area contributed by atoms with E-state index in [1.807, 2.05) is 0 Å². The predicted octanol–water partition coefficient (Wildman–Crippen LogP) is -3.48. The minimum absolute atomic E-state index is 0.464. The third-order valence-corrected chi connectivity index (χ3v) is 2.34. The molecule has 0 aromatic heterocycles. The van der Waals surface area contributed by atoms with Crippen molar-refractivity contribution in [2.45, 2.75) is 18.3 Å². The largest absolute Gasteiger partial charge is 0.790 e. The number of aliphatic hydroxyl groups is 2. The molecule has 0 unspecified atom stereocenters. The summed E-state index contributed by atoms with van der Waals surface area (Å²) in [5.41, 5.74) is 0. The van der Waals surface area contributed by atoms with E-state index in [1.165, 1.54) is 0 Å². The third kappa shape index (κ3) is 3.62. The Hall–Kier alpha value is -0.340. The summed E-state index contributed by atoms with van der Waals surface area (Å²) in [6.07, 6.45) is -4.46. The predicted molar refractivity (Wildman–Crippen MR) is 40.3 cm³/mol. The molecule has 1 aliphatic rings. The fourth-order valence-electron chi connectivity index (χ4n) is 1.08. The molecule has 1 fully saturated rings. The van der Waals surface area contributed by atoms with E-state index in [4.69, 9.17) is 5.11 Å². The van der Waals surface area contributed by atoms with E-state index in [9.17, 15) is 24.3 Å². The summed E-state index contributed by atoms with van der Waals surface area (Å²) in [6.45, 7) is -1.19. The minimum atomic E-state index is -5.15. The van der Waals surface area contributed by atoms with Gasteiger partial charge in [-0.3, -0.25) is 4.79 Å². The van der Waals surface area contributed by atoms with Gasteiger partial charge in [0, 0.05) is 0 Å². The van der Waals surface area contributed by atoms with Gasteiger partial charge in [-0.2, -0.15) is 0 Å². The molecule has 1 rings (SSSR count). The Bertz CT molecular complexity index is 285. The number of ether oxygens (including phenoxy) is 1. The highest BCUT2D eigenvalue weighted by molar-refractivity contribution is 7.43. The van der Waals surface area contributed by atoms with Crippen LogP contribution in [0.1, 0.15) is 0 Å². The molecule has 0 aromatic rings. The smallest absolute Gasteiger partial charge is 0.189 e. The number of Topliss-reactive ketones (excluding diaryl/α,β-unsaturated/α-hetero) is 1. The lowest BCUT2D eigenvalue weighted by molar-refractivity contribution is -0.343. The lowest BCUT2D eigenvalue weighted by Gasteiger charge is -2.35. The summed E-state index contributed by atoms with van der Waals surface area (Å²) >= 11 is 0. The van der Waals surface area contributed by atoms with E-state index >= 15 is 0 Å². The first-order chi connectivity index (χ1) is 6.81. The lowest BCUT2D eigenvalue weighted by atomic mass is 10.0. The maximum Gasteiger partial charge on any atom is 0.189 e. The maximum absolute atomic E-state index is 10.8. The van der Waals surface area contributed by atoms with Crippen LogP contribution in [0.15, 0.2) is 0 Å². The fraction of sp³-hybridized carbons (Fsp3) is 0.833. The number of phosphoric ester groups is 1. The van der Waals surface area contributed by atoms with Gasteiger partial charge in [0.1, 0.15) is 24.9 Å². The second-order valence-electron chi connectivity index (χ2n) is 2.99. The van der Waals surface area contributed by atoms with Crippen molar-refractivity contribution in [3.05, 3.63) is 0 Å². The summed E-state index contributed by atoms with van der Waals surface area (Å²) in [7, 11) is -5.15. The molecule has 9 heteroatoms. The molecule has 1 heterocycles. The number of rotatable bonds is 3. The van der Waals surface area contributed by atoms with Crippen LogP contribution >= 0.6 is 7.82 Å². The molecule has 0 aliphatic carbocycles. The molecule has 2 N–H and O–H groups in total. The van der Waals surface area contributed by atoms with Crippen LogP contribution < -0.4 is 9.79 Å². The molecule has 8 nitrogen and oxygen atoms in total. The number of carbonyl (C=O) groups is 1. The summed E-state index contributed by atoms with van der Waals surface area (Å²) in [5.74, 6) is -0.717. The van der Waals surface area contributed by atoms with E-state index in [1.54, 1.807) is 0 Å². The van der Waals surface area contributed by atoms with Gasteiger partial charge >= 0.3 is 0 Å². The monoisotopic (exact) mass is 240 g/mol. The van der Waals surface area contributed by atoms with Crippen molar-refractivity contribution in [1.29, 1.82) is 0 Å². The van der Waals surface area contributed by atoms with Gasteiger partial charge in [0.05, 0.1) is 14.4 Å². The Morgan fingerprint density at radius 1 is 1.53 bits per heavy atom. The van der Waals surface area contributed by atoms with Gasteiger partial charge < -0.3 is 33.8 Å². The molecular weight excluding hydrogens is 231 g/mol. The molecular formula is C6H9O8P-2. The molecule has 0 amide bonds. The quantitative estimate of drug-likeness (QED) is 0.485. The Balaban J connectivity index is 2.50. The Morgan fingerprint density at radius 2 is 2.13 bits per heavy atom. The van der Waals surface area contributed by atoms with Crippen molar-refractivity contribution >= 4 is 13.6 Å². The molecule has 15 heavy (non-hydrogen) atoms. The zero-order chi connectivity index (χ0) is 11.6. The molecule has 88 valence electrons. The van der Waals surface area contributed by atoms with Gasteiger partial charge in [0.25, 0.3) is 0 Å². The first-order valence-corrected chi connectivity index (χ1v) is 5.44. The van der Waals surface area contributed by atoms with Crippen molar-refractivity contribution in [3.63, 3.8) is 0 Å². The molecule has 0 aromatic carbocycles. The SMILES string of the molecule is O=C1CO[C@H](COP(=O)([O-])[O-])[C@@H](O)[C@@H]1O. The number of hydrogen-bond donors (Lipinski definition) is 2. The standard InChI is InChI=1S/C6H11O8P/c7-3-1-13-4(6(9)5(3)8)2-14-15(10,11)12/h4-6,8-9H,1-2H2,(H2,10,11,12)/p-2/t4-,5-,6-/m1/s1. The van der Waals surface area contributed by atoms with E-state index in [-0.39, 0.29) is 0 Å². The Labute approximate surface area is 84.7 Å². The molecule has 1 saturated heterocycles. The lowest BCUT2D eigenvalue weighted by Crippen LogP contribution is -2.52. The van der Waals surface area contributed by atoms with Crippen molar-refractivity contribution in [1.82, 2.24) is 0 Å². The summed E-state index contributed by atoms with van der Waals surface area (Å²) in [4.78, 5) is 31.0. The van der Waals surface area contributed by atoms with Crippen molar-refractivity contribution in [2.24, 2.45) is 0 Å². The van der Waals surface area contributed by atoms with Gasteiger partial charge in [-0.25, -0.2) is 0 Å². The summed E-state index contributed by atoms with van der Waals surface area (Å²) in [5, 5.41) is 18.3.